The highest BCUT2D eigenvalue weighted by molar-refractivity contribution is 6.31. The fourth-order valence-corrected chi connectivity index (χ4v) is 3.06. The standard InChI is InChI=1S/C24H22Cl2N2O3/c1-2-15-31-21-13-7-16(8-14-21)22(27-23(29)17-3-9-19(25)10-4-17)28-24(30)18-5-11-20(26)12-6-18/h3-14,22H,2,15H2,1H3,(H,27,29)(H,28,30). The van der Waals surface area contributed by atoms with Gasteiger partial charge in [0, 0.05) is 21.2 Å². The van der Waals surface area contributed by atoms with Crippen molar-refractivity contribution in [3.63, 3.8) is 0 Å². The lowest BCUT2D eigenvalue weighted by atomic mass is 10.1. The molecule has 0 aliphatic rings. The van der Waals surface area contributed by atoms with Gasteiger partial charge in [-0.1, -0.05) is 42.3 Å². The average molecular weight is 457 g/mol. The molecule has 160 valence electrons. The molecule has 2 N–H and O–H groups in total. The van der Waals surface area contributed by atoms with Crippen LogP contribution in [-0.4, -0.2) is 18.4 Å². The minimum absolute atomic E-state index is 0.343. The molecule has 0 spiro atoms. The number of nitrogens with one attached hydrogen (secondary N) is 2. The third-order valence-electron chi connectivity index (χ3n) is 4.45. The summed E-state index contributed by atoms with van der Waals surface area (Å²) >= 11 is 11.8. The van der Waals surface area contributed by atoms with Crippen LogP contribution in [0.3, 0.4) is 0 Å². The molecule has 2 amide bonds. The number of carbonyl (C=O) groups excluding carboxylic acids is 2. The van der Waals surface area contributed by atoms with Gasteiger partial charge in [0.2, 0.25) is 0 Å². The number of carbonyl (C=O) groups is 2. The van der Waals surface area contributed by atoms with Crippen LogP contribution in [0.15, 0.2) is 72.8 Å². The van der Waals surface area contributed by atoms with Crippen LogP contribution in [-0.2, 0) is 0 Å². The van der Waals surface area contributed by atoms with Crippen LogP contribution in [0.4, 0.5) is 0 Å². The molecular weight excluding hydrogens is 435 g/mol. The van der Waals surface area contributed by atoms with E-state index in [2.05, 4.69) is 10.6 Å². The number of hydrogen-bond acceptors (Lipinski definition) is 3. The minimum Gasteiger partial charge on any atom is -0.494 e. The molecule has 3 rings (SSSR count). The highest BCUT2D eigenvalue weighted by Crippen LogP contribution is 2.19. The summed E-state index contributed by atoms with van der Waals surface area (Å²) < 4.78 is 5.61. The Balaban J connectivity index is 1.81. The molecule has 7 heteroatoms. The van der Waals surface area contributed by atoms with Crippen LogP contribution in [0.1, 0.15) is 45.8 Å². The third kappa shape index (κ3) is 6.48. The lowest BCUT2D eigenvalue weighted by Crippen LogP contribution is -2.41. The average Bonchev–Trinajstić information content (AvgIpc) is 2.78. The molecule has 0 aliphatic carbocycles. The molecule has 0 radical (unpaired) electrons. The summed E-state index contributed by atoms with van der Waals surface area (Å²) in [4.78, 5) is 25.5. The van der Waals surface area contributed by atoms with Crippen LogP contribution in [0.5, 0.6) is 5.75 Å². The second kappa shape index (κ2) is 10.8. The van der Waals surface area contributed by atoms with Crippen molar-refractivity contribution < 1.29 is 14.3 Å². The van der Waals surface area contributed by atoms with Crippen molar-refractivity contribution >= 4 is 35.0 Å². The fourth-order valence-electron chi connectivity index (χ4n) is 2.81. The number of halogens is 2. The van der Waals surface area contributed by atoms with Crippen molar-refractivity contribution in [3.05, 3.63) is 99.5 Å². The molecule has 0 heterocycles. The van der Waals surface area contributed by atoms with Gasteiger partial charge in [-0.25, -0.2) is 0 Å². The Morgan fingerprint density at radius 1 is 0.774 bits per heavy atom. The summed E-state index contributed by atoms with van der Waals surface area (Å²) in [6.45, 7) is 2.65. The molecule has 0 aromatic heterocycles. The Labute approximate surface area is 191 Å². The number of amides is 2. The van der Waals surface area contributed by atoms with Crippen LogP contribution >= 0.6 is 23.2 Å². The van der Waals surface area contributed by atoms with Crippen molar-refractivity contribution in [1.29, 1.82) is 0 Å². The molecule has 0 saturated heterocycles. The van der Waals surface area contributed by atoms with Gasteiger partial charge in [-0.2, -0.15) is 0 Å². The van der Waals surface area contributed by atoms with Gasteiger partial charge >= 0.3 is 0 Å². The summed E-state index contributed by atoms with van der Waals surface area (Å²) in [7, 11) is 0. The molecule has 0 saturated carbocycles. The summed E-state index contributed by atoms with van der Waals surface area (Å²) in [5.74, 6) is 0.0335. The van der Waals surface area contributed by atoms with Gasteiger partial charge in [-0.3, -0.25) is 9.59 Å². The first-order valence-corrected chi connectivity index (χ1v) is 10.6. The first-order valence-electron chi connectivity index (χ1n) is 9.82. The highest BCUT2D eigenvalue weighted by atomic mass is 35.5. The molecule has 0 fully saturated rings. The van der Waals surface area contributed by atoms with Crippen molar-refractivity contribution in [2.45, 2.75) is 19.5 Å². The topological polar surface area (TPSA) is 67.4 Å². The molecule has 0 bridgehead atoms. The monoisotopic (exact) mass is 456 g/mol. The van der Waals surface area contributed by atoms with Gasteiger partial charge in [-0.15, -0.1) is 0 Å². The maximum atomic E-state index is 12.8. The largest absolute Gasteiger partial charge is 0.494 e. The highest BCUT2D eigenvalue weighted by Gasteiger charge is 2.19. The zero-order valence-corrected chi connectivity index (χ0v) is 18.4. The number of benzene rings is 3. The smallest absolute Gasteiger partial charge is 0.253 e. The van der Waals surface area contributed by atoms with Gasteiger partial charge in [0.05, 0.1) is 6.61 Å². The Bertz CT molecular complexity index is 961. The molecule has 0 unspecified atom stereocenters. The van der Waals surface area contributed by atoms with E-state index in [1.54, 1.807) is 72.8 Å². The van der Waals surface area contributed by atoms with Crippen LogP contribution in [0.2, 0.25) is 10.0 Å². The van der Waals surface area contributed by atoms with Gasteiger partial charge in [0.15, 0.2) is 0 Å². The van der Waals surface area contributed by atoms with Crippen LogP contribution in [0, 0.1) is 0 Å². The van der Waals surface area contributed by atoms with Gasteiger partial charge < -0.3 is 15.4 Å². The maximum Gasteiger partial charge on any atom is 0.253 e. The van der Waals surface area contributed by atoms with Gasteiger partial charge in [0.1, 0.15) is 11.9 Å². The first-order chi connectivity index (χ1) is 15.0. The quantitative estimate of drug-likeness (QED) is 0.430. The maximum absolute atomic E-state index is 12.8. The zero-order valence-electron chi connectivity index (χ0n) is 16.9. The van der Waals surface area contributed by atoms with Crippen LogP contribution < -0.4 is 15.4 Å². The van der Waals surface area contributed by atoms with E-state index in [-0.39, 0.29) is 11.8 Å². The Kier molecular flexibility index (Phi) is 7.93. The van der Waals surface area contributed by atoms with Crippen molar-refractivity contribution in [3.8, 4) is 5.75 Å². The Morgan fingerprint density at radius 2 is 1.23 bits per heavy atom. The summed E-state index contributed by atoms with van der Waals surface area (Å²) in [5.41, 5.74) is 1.56. The van der Waals surface area contributed by atoms with E-state index in [1.165, 1.54) is 0 Å². The second-order valence-corrected chi connectivity index (χ2v) is 7.68. The number of ether oxygens (including phenoxy) is 1. The summed E-state index contributed by atoms with van der Waals surface area (Å²) in [6.07, 6.45) is 0.144. The molecule has 0 aliphatic heterocycles. The van der Waals surface area contributed by atoms with Gasteiger partial charge in [-0.05, 0) is 72.6 Å². The predicted molar refractivity (Wildman–Crippen MR) is 123 cm³/mol. The molecule has 3 aromatic carbocycles. The lowest BCUT2D eigenvalue weighted by molar-refractivity contribution is 0.0883. The van der Waals surface area contributed by atoms with E-state index in [4.69, 9.17) is 27.9 Å². The van der Waals surface area contributed by atoms with E-state index < -0.39 is 6.17 Å². The third-order valence-corrected chi connectivity index (χ3v) is 4.95. The molecule has 3 aromatic rings. The SMILES string of the molecule is CCCOc1ccc(C(NC(=O)c2ccc(Cl)cc2)NC(=O)c2ccc(Cl)cc2)cc1. The van der Waals surface area contributed by atoms with E-state index in [0.717, 1.165) is 12.2 Å². The van der Waals surface area contributed by atoms with E-state index in [0.29, 0.717) is 33.3 Å². The predicted octanol–water partition coefficient (Wildman–Crippen LogP) is 5.64. The first kappa shape index (κ1) is 22.7. The van der Waals surface area contributed by atoms with E-state index in [9.17, 15) is 9.59 Å². The zero-order chi connectivity index (χ0) is 22.2. The molecule has 0 atom stereocenters. The van der Waals surface area contributed by atoms with Crippen molar-refractivity contribution in [1.82, 2.24) is 10.6 Å². The van der Waals surface area contributed by atoms with Crippen molar-refractivity contribution in [2.24, 2.45) is 0 Å². The number of hydrogen-bond donors (Lipinski definition) is 2. The molecule has 5 nitrogen and oxygen atoms in total. The number of rotatable bonds is 8. The minimum atomic E-state index is -0.758. The summed E-state index contributed by atoms with van der Waals surface area (Å²) in [6, 6.07) is 20.3. The molecular formula is C24H22Cl2N2O3. The Hall–Kier alpha value is -3.02. The Morgan fingerprint density at radius 3 is 1.65 bits per heavy atom. The summed E-state index contributed by atoms with van der Waals surface area (Å²) in [5, 5.41) is 6.79. The van der Waals surface area contributed by atoms with Crippen molar-refractivity contribution in [2.75, 3.05) is 6.61 Å². The fraction of sp³-hybridized carbons (Fsp3) is 0.167. The second-order valence-electron chi connectivity index (χ2n) is 6.81. The van der Waals surface area contributed by atoms with E-state index in [1.807, 2.05) is 6.92 Å². The van der Waals surface area contributed by atoms with E-state index >= 15 is 0 Å². The van der Waals surface area contributed by atoms with Crippen LogP contribution in [0.25, 0.3) is 0 Å². The lowest BCUT2D eigenvalue weighted by Gasteiger charge is -2.21. The normalized spacial score (nSPS) is 10.6. The molecule has 31 heavy (non-hydrogen) atoms. The van der Waals surface area contributed by atoms with Gasteiger partial charge in [0.25, 0.3) is 11.8 Å².